The van der Waals surface area contributed by atoms with Crippen molar-refractivity contribution in [3.05, 3.63) is 59.7 Å². The predicted molar refractivity (Wildman–Crippen MR) is 174 cm³/mol. The third kappa shape index (κ3) is 11.1. The summed E-state index contributed by atoms with van der Waals surface area (Å²) in [5.41, 5.74) is 2.34. The maximum absolute atomic E-state index is 13.0. The largest absolute Gasteiger partial charge is 0.379 e. The van der Waals surface area contributed by atoms with Crippen molar-refractivity contribution in [1.29, 1.82) is 0 Å². The fourth-order valence-corrected chi connectivity index (χ4v) is 6.80. The number of unbranched alkanes of at least 4 members (excludes halogenated alkanes) is 1. The zero-order chi connectivity index (χ0) is 30.8. The normalized spacial score (nSPS) is 22.1. The highest BCUT2D eigenvalue weighted by atomic mass is 16.5. The first-order valence-electron chi connectivity index (χ1n) is 17.3. The smallest absolute Gasteiger partial charge is 0.222 e. The van der Waals surface area contributed by atoms with Crippen molar-refractivity contribution in [3.8, 4) is 0 Å². The SMILES string of the molecule is O=C(CCOCCOCCC(=O)C1CCCCCCCCCC1)NCCCCC1NC2c3ccccccccc3C2C1=O. The molecule has 2 fully saturated rings. The Morgan fingerprint density at radius 1 is 0.727 bits per heavy atom. The fourth-order valence-electron chi connectivity index (χ4n) is 6.80. The number of carbonyl (C=O) groups excluding carboxylic acids is 3. The summed E-state index contributed by atoms with van der Waals surface area (Å²) in [6.45, 7) is 2.26. The van der Waals surface area contributed by atoms with E-state index in [1.807, 2.05) is 36.4 Å². The van der Waals surface area contributed by atoms with Crippen LogP contribution in [0.1, 0.15) is 119 Å². The van der Waals surface area contributed by atoms with E-state index in [-0.39, 0.29) is 35.6 Å². The van der Waals surface area contributed by atoms with Gasteiger partial charge in [-0.15, -0.1) is 0 Å². The zero-order valence-corrected chi connectivity index (χ0v) is 26.6. The number of fused-ring (bicyclic) bond motifs is 4. The van der Waals surface area contributed by atoms with E-state index in [2.05, 4.69) is 22.8 Å². The Morgan fingerprint density at radius 3 is 2.00 bits per heavy atom. The average Bonchev–Trinajstić information content (AvgIpc) is 3.25. The van der Waals surface area contributed by atoms with Crippen LogP contribution in [0.4, 0.5) is 0 Å². The van der Waals surface area contributed by atoms with Gasteiger partial charge in [-0.1, -0.05) is 99.9 Å². The number of carbonyl (C=O) groups is 3. The molecule has 3 aliphatic rings. The van der Waals surface area contributed by atoms with Gasteiger partial charge in [0, 0.05) is 31.3 Å². The van der Waals surface area contributed by atoms with Gasteiger partial charge in [-0.3, -0.25) is 19.7 Å². The summed E-state index contributed by atoms with van der Waals surface area (Å²) in [5, 5.41) is 6.50. The van der Waals surface area contributed by atoms with E-state index in [1.54, 1.807) is 0 Å². The van der Waals surface area contributed by atoms with Gasteiger partial charge in [0.25, 0.3) is 0 Å². The summed E-state index contributed by atoms with van der Waals surface area (Å²) >= 11 is 0. The standard InChI is InChI=1S/C37H54N2O5/c40-33(29-17-11-7-3-1-2-4-8-12-18-29)22-25-43-27-28-44-26-23-34(41)38-24-16-15-21-32-37(42)35-30-19-13-9-5-6-10-14-20-31(30)36(35)39-32/h5-6,9-10,13-14,19-20,29,32,35-36,39H,1-4,7-8,11-12,15-18,21-28H2,(H,38,41). The molecule has 1 saturated carbocycles. The lowest BCUT2D eigenvalue weighted by molar-refractivity contribution is -0.125. The van der Waals surface area contributed by atoms with Gasteiger partial charge in [-0.05, 0) is 43.2 Å². The Bertz CT molecular complexity index is 1090. The quantitative estimate of drug-likeness (QED) is 0.216. The van der Waals surface area contributed by atoms with Crippen LogP contribution in [-0.4, -0.2) is 56.5 Å². The Balaban J connectivity index is 0.985. The van der Waals surface area contributed by atoms with Gasteiger partial charge in [0.2, 0.25) is 5.91 Å². The average molecular weight is 607 g/mol. The van der Waals surface area contributed by atoms with Gasteiger partial charge in [-0.25, -0.2) is 0 Å². The molecule has 1 aliphatic heterocycles. The molecule has 242 valence electrons. The van der Waals surface area contributed by atoms with E-state index >= 15 is 0 Å². The van der Waals surface area contributed by atoms with Gasteiger partial charge in [0.15, 0.2) is 5.78 Å². The molecule has 0 radical (unpaired) electrons. The van der Waals surface area contributed by atoms with Gasteiger partial charge >= 0.3 is 0 Å². The van der Waals surface area contributed by atoms with Crippen molar-refractivity contribution >= 4 is 17.5 Å². The van der Waals surface area contributed by atoms with Crippen LogP contribution in [0.15, 0.2) is 48.5 Å². The fraction of sp³-hybridized carbons (Fsp3) is 0.649. The molecule has 4 rings (SSSR count). The van der Waals surface area contributed by atoms with Crippen LogP contribution in [0.25, 0.3) is 0 Å². The van der Waals surface area contributed by atoms with Crippen molar-refractivity contribution in [3.63, 3.8) is 0 Å². The summed E-state index contributed by atoms with van der Waals surface area (Å²) in [7, 11) is 0. The third-order valence-electron chi connectivity index (χ3n) is 9.37. The molecule has 1 saturated heterocycles. The summed E-state index contributed by atoms with van der Waals surface area (Å²) in [5.74, 6) is 0.786. The Labute approximate surface area is 264 Å². The lowest BCUT2D eigenvalue weighted by Gasteiger charge is -2.31. The van der Waals surface area contributed by atoms with E-state index < -0.39 is 0 Å². The monoisotopic (exact) mass is 606 g/mol. The zero-order valence-electron chi connectivity index (χ0n) is 26.6. The lowest BCUT2D eigenvalue weighted by Crippen LogP contribution is -2.30. The van der Waals surface area contributed by atoms with Crippen molar-refractivity contribution in [1.82, 2.24) is 10.6 Å². The lowest BCUT2D eigenvalue weighted by atomic mass is 9.73. The number of nitrogens with one attached hydrogen (secondary N) is 2. The molecular formula is C37H54N2O5. The minimum absolute atomic E-state index is 0.0245. The molecular weight excluding hydrogens is 552 g/mol. The third-order valence-corrected chi connectivity index (χ3v) is 9.37. The highest BCUT2D eigenvalue weighted by Gasteiger charge is 2.50. The number of hydrogen-bond donors (Lipinski definition) is 2. The molecule has 0 aromatic heterocycles. The molecule has 2 aliphatic carbocycles. The first-order chi connectivity index (χ1) is 21.6. The molecule has 0 spiro atoms. The molecule has 7 nitrogen and oxygen atoms in total. The van der Waals surface area contributed by atoms with Crippen LogP contribution >= 0.6 is 0 Å². The van der Waals surface area contributed by atoms with Crippen LogP contribution in [0.5, 0.6) is 0 Å². The molecule has 0 bridgehead atoms. The van der Waals surface area contributed by atoms with Crippen molar-refractivity contribution in [2.24, 2.45) is 5.92 Å². The number of amides is 1. The number of ether oxygens (including phenoxy) is 2. The highest BCUT2D eigenvalue weighted by molar-refractivity contribution is 5.96. The second-order valence-corrected chi connectivity index (χ2v) is 12.6. The number of Topliss-reactive ketones (excluding diaryl/α,β-unsaturated/α-hetero) is 2. The number of rotatable bonds is 15. The van der Waals surface area contributed by atoms with Crippen LogP contribution < -0.4 is 10.6 Å². The van der Waals surface area contributed by atoms with Gasteiger partial charge in [0.1, 0.15) is 5.78 Å². The molecule has 2 N–H and O–H groups in total. The first-order valence-corrected chi connectivity index (χ1v) is 17.3. The van der Waals surface area contributed by atoms with Crippen LogP contribution in [0.3, 0.4) is 0 Å². The summed E-state index contributed by atoms with van der Waals surface area (Å²) < 4.78 is 11.2. The van der Waals surface area contributed by atoms with E-state index in [0.717, 1.165) is 37.7 Å². The Hall–Kier alpha value is -2.61. The van der Waals surface area contributed by atoms with Crippen molar-refractivity contribution in [2.75, 3.05) is 33.0 Å². The number of hydrogen-bond acceptors (Lipinski definition) is 6. The second-order valence-electron chi connectivity index (χ2n) is 12.6. The predicted octanol–water partition coefficient (Wildman–Crippen LogP) is 6.69. The van der Waals surface area contributed by atoms with Crippen LogP contribution in [-0.2, 0) is 23.9 Å². The molecule has 1 aromatic carbocycles. The topological polar surface area (TPSA) is 93.7 Å². The molecule has 1 heterocycles. The number of ketones is 2. The van der Waals surface area contributed by atoms with Gasteiger partial charge in [0.05, 0.1) is 38.4 Å². The molecule has 7 heteroatoms. The van der Waals surface area contributed by atoms with E-state index in [0.29, 0.717) is 51.6 Å². The second kappa shape index (κ2) is 19.7. The van der Waals surface area contributed by atoms with E-state index in [4.69, 9.17) is 9.47 Å². The van der Waals surface area contributed by atoms with Crippen molar-refractivity contribution in [2.45, 2.75) is 114 Å². The maximum Gasteiger partial charge on any atom is 0.222 e. The molecule has 3 unspecified atom stereocenters. The van der Waals surface area contributed by atoms with Crippen molar-refractivity contribution < 1.29 is 23.9 Å². The molecule has 1 aromatic rings. The first kappa shape index (κ1) is 34.3. The minimum Gasteiger partial charge on any atom is -0.379 e. The highest BCUT2D eigenvalue weighted by Crippen LogP contribution is 2.49. The Kier molecular flexibility index (Phi) is 15.3. The van der Waals surface area contributed by atoms with E-state index in [1.165, 1.54) is 56.9 Å². The van der Waals surface area contributed by atoms with Crippen LogP contribution in [0, 0.1) is 5.92 Å². The maximum atomic E-state index is 13.0. The Morgan fingerprint density at radius 2 is 1.32 bits per heavy atom. The molecule has 44 heavy (non-hydrogen) atoms. The van der Waals surface area contributed by atoms with Gasteiger partial charge in [-0.2, -0.15) is 0 Å². The van der Waals surface area contributed by atoms with E-state index in [9.17, 15) is 14.4 Å². The molecule has 1 amide bonds. The summed E-state index contributed by atoms with van der Waals surface area (Å²) in [6.07, 6.45) is 15.5. The van der Waals surface area contributed by atoms with Crippen LogP contribution in [0.2, 0.25) is 0 Å². The summed E-state index contributed by atoms with van der Waals surface area (Å²) in [4.78, 5) is 37.9. The molecule has 3 atom stereocenters. The summed E-state index contributed by atoms with van der Waals surface area (Å²) in [6, 6.07) is 16.2. The minimum atomic E-state index is -0.125. The van der Waals surface area contributed by atoms with Gasteiger partial charge < -0.3 is 14.8 Å².